The monoisotopic (exact) mass is 513 g/mol. The molecule has 0 aliphatic carbocycles. The highest BCUT2D eigenvalue weighted by atomic mass is 35.5. The second kappa shape index (κ2) is 10.9. The second-order valence-electron chi connectivity index (χ2n) is 7.95. The van der Waals surface area contributed by atoms with Crippen molar-refractivity contribution in [2.45, 2.75) is 30.8 Å². The summed E-state index contributed by atoms with van der Waals surface area (Å²) in [6, 6.07) is 18.0. The minimum atomic E-state index is -4.06. The van der Waals surface area contributed by atoms with E-state index in [0.717, 1.165) is 13.0 Å². The van der Waals surface area contributed by atoms with Gasteiger partial charge in [0.2, 0.25) is 0 Å². The first-order chi connectivity index (χ1) is 16.9. The van der Waals surface area contributed by atoms with Gasteiger partial charge in [-0.15, -0.1) is 0 Å². The normalized spacial score (nSPS) is 12.3. The molecular weight excluding hydrogens is 489 g/mol. The molecule has 1 unspecified atom stereocenters. The van der Waals surface area contributed by atoms with Gasteiger partial charge in [0.1, 0.15) is 11.6 Å². The molecule has 0 saturated heterocycles. The highest BCUT2D eigenvalue weighted by Crippen LogP contribution is 2.37. The number of sulfonamides is 1. The molecular formula is C26H25ClFN3O3S. The molecule has 0 N–H and O–H groups in total. The van der Waals surface area contributed by atoms with Crippen LogP contribution in [0, 0.1) is 5.82 Å². The third-order valence-electron chi connectivity index (χ3n) is 5.53. The zero-order valence-corrected chi connectivity index (χ0v) is 20.7. The van der Waals surface area contributed by atoms with Gasteiger partial charge in [0, 0.05) is 29.5 Å². The van der Waals surface area contributed by atoms with Crippen molar-refractivity contribution in [3.63, 3.8) is 0 Å². The number of nitrogens with zero attached hydrogens (tertiary/aromatic N) is 3. The van der Waals surface area contributed by atoms with E-state index in [2.05, 4.69) is 4.98 Å². The SMILES string of the molecule is CC(c1ccccc1OCCCn1ccnc1)N(c1cccc(F)c1)S(=O)(=O)c1ccc(Cl)cc1. The molecule has 0 amide bonds. The van der Waals surface area contributed by atoms with E-state index in [1.54, 1.807) is 25.5 Å². The maximum Gasteiger partial charge on any atom is 0.264 e. The number of hydrogen-bond donors (Lipinski definition) is 0. The number of aromatic nitrogens is 2. The van der Waals surface area contributed by atoms with Crippen LogP contribution in [0.15, 0.2) is 96.4 Å². The van der Waals surface area contributed by atoms with Gasteiger partial charge >= 0.3 is 0 Å². The van der Waals surface area contributed by atoms with Crippen molar-refractivity contribution < 1.29 is 17.5 Å². The molecule has 0 aliphatic heterocycles. The van der Waals surface area contributed by atoms with E-state index in [4.69, 9.17) is 16.3 Å². The molecule has 6 nitrogen and oxygen atoms in total. The summed E-state index contributed by atoms with van der Waals surface area (Å²) in [5.74, 6) is 0.0355. The van der Waals surface area contributed by atoms with Crippen molar-refractivity contribution in [1.82, 2.24) is 9.55 Å². The molecule has 1 aromatic heterocycles. The van der Waals surface area contributed by atoms with Crippen LogP contribution in [0.1, 0.15) is 24.9 Å². The summed E-state index contributed by atoms with van der Waals surface area (Å²) in [7, 11) is -4.06. The van der Waals surface area contributed by atoms with Gasteiger partial charge in [0.05, 0.1) is 29.6 Å². The average molecular weight is 514 g/mol. The zero-order valence-electron chi connectivity index (χ0n) is 19.1. The molecule has 3 aromatic carbocycles. The van der Waals surface area contributed by atoms with Crippen LogP contribution in [-0.4, -0.2) is 24.6 Å². The molecule has 1 heterocycles. The van der Waals surface area contributed by atoms with Crippen molar-refractivity contribution in [3.8, 4) is 5.75 Å². The number of ether oxygens (including phenoxy) is 1. The summed E-state index contributed by atoms with van der Waals surface area (Å²) in [6.07, 6.45) is 6.10. The fourth-order valence-corrected chi connectivity index (χ4v) is 5.59. The summed E-state index contributed by atoms with van der Waals surface area (Å²) in [5, 5.41) is 0.420. The Bertz CT molecular complexity index is 1360. The van der Waals surface area contributed by atoms with Crippen LogP contribution in [0.25, 0.3) is 0 Å². The van der Waals surface area contributed by atoms with Crippen molar-refractivity contribution in [2.75, 3.05) is 10.9 Å². The quantitative estimate of drug-likeness (QED) is 0.240. The minimum absolute atomic E-state index is 0.0525. The third kappa shape index (κ3) is 5.83. The zero-order chi connectivity index (χ0) is 24.8. The summed E-state index contributed by atoms with van der Waals surface area (Å²) in [4.78, 5) is 4.08. The van der Waals surface area contributed by atoms with Gasteiger partial charge in [-0.05, 0) is 61.9 Å². The van der Waals surface area contributed by atoms with Crippen LogP contribution in [0.4, 0.5) is 10.1 Å². The number of imidazole rings is 1. The van der Waals surface area contributed by atoms with Gasteiger partial charge in [-0.25, -0.2) is 17.8 Å². The molecule has 1 atom stereocenters. The van der Waals surface area contributed by atoms with Crippen LogP contribution in [0.2, 0.25) is 5.02 Å². The first-order valence-corrected chi connectivity index (χ1v) is 12.9. The predicted molar refractivity (Wildman–Crippen MR) is 135 cm³/mol. The van der Waals surface area contributed by atoms with E-state index < -0.39 is 21.9 Å². The van der Waals surface area contributed by atoms with Crippen molar-refractivity contribution in [1.29, 1.82) is 0 Å². The van der Waals surface area contributed by atoms with Crippen molar-refractivity contribution in [3.05, 3.63) is 108 Å². The first kappa shape index (κ1) is 24.8. The van der Waals surface area contributed by atoms with Gasteiger partial charge in [0.15, 0.2) is 0 Å². The molecule has 4 rings (SSSR count). The Labute approximate surface area is 209 Å². The van der Waals surface area contributed by atoms with Gasteiger partial charge < -0.3 is 9.30 Å². The lowest BCUT2D eigenvalue weighted by Gasteiger charge is -2.32. The maximum absolute atomic E-state index is 14.2. The van der Waals surface area contributed by atoms with Gasteiger partial charge in [-0.1, -0.05) is 35.9 Å². The van der Waals surface area contributed by atoms with Crippen LogP contribution in [-0.2, 0) is 16.6 Å². The lowest BCUT2D eigenvalue weighted by molar-refractivity contribution is 0.297. The predicted octanol–water partition coefficient (Wildman–Crippen LogP) is 6.10. The van der Waals surface area contributed by atoms with E-state index in [1.807, 2.05) is 35.0 Å². The van der Waals surface area contributed by atoms with Crippen LogP contribution >= 0.6 is 11.6 Å². The minimum Gasteiger partial charge on any atom is -0.493 e. The highest BCUT2D eigenvalue weighted by molar-refractivity contribution is 7.92. The summed E-state index contributed by atoms with van der Waals surface area (Å²) in [5.41, 5.74) is 0.874. The van der Waals surface area contributed by atoms with E-state index in [9.17, 15) is 12.8 Å². The van der Waals surface area contributed by atoms with E-state index >= 15 is 0 Å². The third-order valence-corrected chi connectivity index (χ3v) is 7.70. The standard InChI is InChI=1S/C26H25ClFN3O3S/c1-20(25-8-2-3-9-26(25)34-17-5-15-30-16-14-29-19-30)31(23-7-4-6-22(28)18-23)35(32,33)24-12-10-21(27)11-13-24/h2-4,6-14,16,18-20H,5,15,17H2,1H3. The van der Waals surface area contributed by atoms with Gasteiger partial charge in [-0.3, -0.25) is 4.31 Å². The largest absolute Gasteiger partial charge is 0.493 e. The number of para-hydroxylation sites is 1. The molecule has 0 radical (unpaired) electrons. The van der Waals surface area contributed by atoms with E-state index in [0.29, 0.717) is 22.9 Å². The fourth-order valence-electron chi connectivity index (χ4n) is 3.84. The lowest BCUT2D eigenvalue weighted by Crippen LogP contribution is -2.34. The highest BCUT2D eigenvalue weighted by Gasteiger charge is 2.32. The average Bonchev–Trinajstić information content (AvgIpc) is 3.36. The Balaban J connectivity index is 1.66. The first-order valence-electron chi connectivity index (χ1n) is 11.1. The number of halogens is 2. The fraction of sp³-hybridized carbons (Fsp3) is 0.192. The van der Waals surface area contributed by atoms with E-state index in [-0.39, 0.29) is 10.6 Å². The Kier molecular flexibility index (Phi) is 7.73. The molecule has 35 heavy (non-hydrogen) atoms. The topological polar surface area (TPSA) is 64.4 Å². The smallest absolute Gasteiger partial charge is 0.264 e. The maximum atomic E-state index is 14.2. The van der Waals surface area contributed by atoms with E-state index in [1.165, 1.54) is 46.8 Å². The molecule has 182 valence electrons. The van der Waals surface area contributed by atoms with Crippen molar-refractivity contribution >= 4 is 27.3 Å². The number of benzene rings is 3. The Morgan fingerprint density at radius 1 is 1.09 bits per heavy atom. The summed E-state index contributed by atoms with van der Waals surface area (Å²) < 4.78 is 51.0. The molecule has 0 bridgehead atoms. The molecule has 4 aromatic rings. The summed E-state index contributed by atoms with van der Waals surface area (Å²) >= 11 is 5.97. The lowest BCUT2D eigenvalue weighted by atomic mass is 10.1. The number of anilines is 1. The number of aryl methyl sites for hydroxylation is 1. The van der Waals surface area contributed by atoms with Crippen LogP contribution in [0.5, 0.6) is 5.75 Å². The Morgan fingerprint density at radius 2 is 1.86 bits per heavy atom. The number of rotatable bonds is 10. The number of hydrogen-bond acceptors (Lipinski definition) is 4. The Morgan fingerprint density at radius 3 is 2.57 bits per heavy atom. The molecule has 0 fully saturated rings. The Hall–Kier alpha value is -3.36. The molecule has 0 saturated carbocycles. The molecule has 0 spiro atoms. The van der Waals surface area contributed by atoms with Gasteiger partial charge in [-0.2, -0.15) is 0 Å². The summed E-state index contributed by atoms with van der Waals surface area (Å²) in [6.45, 7) is 2.94. The second-order valence-corrected chi connectivity index (χ2v) is 10.2. The van der Waals surface area contributed by atoms with Gasteiger partial charge in [0.25, 0.3) is 10.0 Å². The molecule has 9 heteroatoms. The van der Waals surface area contributed by atoms with Crippen LogP contribution < -0.4 is 9.04 Å². The molecule has 0 aliphatic rings. The van der Waals surface area contributed by atoms with Crippen LogP contribution in [0.3, 0.4) is 0 Å². The van der Waals surface area contributed by atoms with Crippen molar-refractivity contribution in [2.24, 2.45) is 0 Å².